The van der Waals surface area contributed by atoms with E-state index in [-0.39, 0.29) is 52.5 Å². The van der Waals surface area contributed by atoms with Crippen molar-refractivity contribution < 1.29 is 33.0 Å². The van der Waals surface area contributed by atoms with Gasteiger partial charge in [-0.05, 0) is 77.7 Å². The summed E-state index contributed by atoms with van der Waals surface area (Å²) < 4.78 is 26.3. The van der Waals surface area contributed by atoms with Crippen LogP contribution >= 0.6 is 11.8 Å². The SMILES string of the molecule is CC[C@H](O[Si](C)(C)C(C)(C)C)[C@@H]1C(=O)N(C(C(=O)OCc2ccc([N+](=O)[O-])cc2)=C2CC(=O)c3ccccc3[S+]([O-])C2)[C@H]1Sc1ccccc1. The highest BCUT2D eigenvalue weighted by atomic mass is 32.2. The maximum Gasteiger partial charge on any atom is 0.355 e. The molecule has 2 aliphatic rings. The zero-order chi connectivity index (χ0) is 36.4. The first-order valence-corrected chi connectivity index (χ1v) is 21.6. The number of carbonyl (C=O) groups excluding carboxylic acids is 3. The van der Waals surface area contributed by atoms with Gasteiger partial charge < -0.3 is 13.7 Å². The Morgan fingerprint density at radius 3 is 2.30 bits per heavy atom. The number of ketones is 1. The van der Waals surface area contributed by atoms with E-state index in [1.54, 1.807) is 24.3 Å². The minimum absolute atomic E-state index is 0.0988. The molecule has 10 nitrogen and oxygen atoms in total. The van der Waals surface area contributed by atoms with Gasteiger partial charge in [0.15, 0.2) is 19.0 Å². The summed E-state index contributed by atoms with van der Waals surface area (Å²) in [6.45, 7) is 12.5. The van der Waals surface area contributed by atoms with Crippen LogP contribution in [0.5, 0.6) is 0 Å². The number of non-ortho nitro benzene ring substituents is 1. The van der Waals surface area contributed by atoms with Gasteiger partial charge in [-0.25, -0.2) is 4.79 Å². The number of amides is 1. The Kier molecular flexibility index (Phi) is 11.4. The van der Waals surface area contributed by atoms with Crippen LogP contribution in [0, 0.1) is 16.0 Å². The van der Waals surface area contributed by atoms with Crippen molar-refractivity contribution in [2.75, 3.05) is 5.75 Å². The van der Waals surface area contributed by atoms with Gasteiger partial charge in [-0.15, -0.1) is 0 Å². The average molecular weight is 735 g/mol. The molecule has 264 valence electrons. The lowest BCUT2D eigenvalue weighted by molar-refractivity contribution is -0.384. The molecule has 0 radical (unpaired) electrons. The van der Waals surface area contributed by atoms with Gasteiger partial charge in [-0.2, -0.15) is 0 Å². The van der Waals surface area contributed by atoms with Crippen molar-refractivity contribution in [3.05, 3.63) is 111 Å². The van der Waals surface area contributed by atoms with Crippen LogP contribution in [0.3, 0.4) is 0 Å². The number of rotatable bonds is 11. The van der Waals surface area contributed by atoms with Gasteiger partial charge >= 0.3 is 5.97 Å². The molecule has 3 aromatic rings. The normalized spacial score (nSPS) is 21.1. The van der Waals surface area contributed by atoms with E-state index in [4.69, 9.17) is 9.16 Å². The Bertz CT molecular complexity index is 1790. The van der Waals surface area contributed by atoms with Crippen molar-refractivity contribution in [2.24, 2.45) is 5.92 Å². The number of nitro groups is 1. The van der Waals surface area contributed by atoms with Crippen molar-refractivity contribution in [1.29, 1.82) is 0 Å². The first-order chi connectivity index (χ1) is 23.6. The second-order valence-corrected chi connectivity index (χ2v) is 21.3. The van der Waals surface area contributed by atoms with Crippen LogP contribution in [0.2, 0.25) is 18.1 Å². The van der Waals surface area contributed by atoms with E-state index in [1.165, 1.54) is 40.9 Å². The van der Waals surface area contributed by atoms with Crippen molar-refractivity contribution >= 4 is 54.6 Å². The number of likely N-dealkylation sites (tertiary alicyclic amines) is 1. The molecular weight excluding hydrogens is 693 g/mol. The number of carbonyl (C=O) groups is 3. The monoisotopic (exact) mass is 734 g/mol. The lowest BCUT2D eigenvalue weighted by atomic mass is 9.88. The average Bonchev–Trinajstić information content (AvgIpc) is 3.20. The van der Waals surface area contributed by atoms with Crippen molar-refractivity contribution in [2.45, 2.75) is 86.5 Å². The Morgan fingerprint density at radius 2 is 1.68 bits per heavy atom. The second-order valence-electron chi connectivity index (χ2n) is 13.9. The Labute approximate surface area is 301 Å². The number of hydrogen-bond acceptors (Lipinski definition) is 9. The molecule has 2 heterocycles. The number of β-lactam (4-membered cyclic amide) rings is 1. The number of nitro benzene ring substituents is 1. The molecule has 2 aliphatic heterocycles. The zero-order valence-corrected chi connectivity index (χ0v) is 31.7. The Morgan fingerprint density at radius 1 is 1.04 bits per heavy atom. The van der Waals surface area contributed by atoms with Crippen LogP contribution in [0.1, 0.15) is 56.5 Å². The predicted molar refractivity (Wildman–Crippen MR) is 195 cm³/mol. The Hall–Kier alpha value is -3.75. The number of fused-ring (bicyclic) bond motifs is 1. The van der Waals surface area contributed by atoms with Gasteiger partial charge in [0.05, 0.1) is 22.5 Å². The van der Waals surface area contributed by atoms with Crippen LogP contribution < -0.4 is 0 Å². The number of thioether (sulfide) groups is 1. The number of nitrogens with zero attached hydrogens (tertiary/aromatic N) is 2. The van der Waals surface area contributed by atoms with Crippen molar-refractivity contribution in [1.82, 2.24) is 4.90 Å². The maximum absolute atomic E-state index is 14.5. The van der Waals surface area contributed by atoms with Crippen LogP contribution in [0.25, 0.3) is 0 Å². The number of esters is 1. The number of Topliss-reactive ketones (excluding diaryl/α,β-unsaturated/α-hetero) is 1. The van der Waals surface area contributed by atoms with Gasteiger partial charge in [0.2, 0.25) is 5.91 Å². The third-order valence-corrected chi connectivity index (χ3v) is 16.8. The zero-order valence-electron chi connectivity index (χ0n) is 29.0. The van der Waals surface area contributed by atoms with Gasteiger partial charge in [0, 0.05) is 29.0 Å². The van der Waals surface area contributed by atoms with Crippen molar-refractivity contribution in [3.8, 4) is 0 Å². The largest absolute Gasteiger partial charge is 0.611 e. The second kappa shape index (κ2) is 15.2. The van der Waals surface area contributed by atoms with Gasteiger partial charge in [-0.1, -0.05) is 69.8 Å². The molecule has 1 amide bonds. The lowest BCUT2D eigenvalue weighted by Gasteiger charge is -2.51. The molecular formula is C37H42N2O8S2Si. The molecule has 0 bridgehead atoms. The summed E-state index contributed by atoms with van der Waals surface area (Å²) in [7, 11) is -2.32. The molecule has 1 saturated heterocycles. The molecule has 1 fully saturated rings. The highest BCUT2D eigenvalue weighted by molar-refractivity contribution is 8.00. The summed E-state index contributed by atoms with van der Waals surface area (Å²) in [5, 5.41) is 10.4. The molecule has 0 spiro atoms. The molecule has 1 unspecified atom stereocenters. The van der Waals surface area contributed by atoms with E-state index >= 15 is 0 Å². The summed E-state index contributed by atoms with van der Waals surface area (Å²) in [4.78, 5) is 55.7. The quantitative estimate of drug-likeness (QED) is 0.0370. The van der Waals surface area contributed by atoms with Gasteiger partial charge in [0.25, 0.3) is 5.69 Å². The summed E-state index contributed by atoms with van der Waals surface area (Å²) in [6.07, 6.45) is -0.0892. The summed E-state index contributed by atoms with van der Waals surface area (Å²) >= 11 is -0.255. The molecule has 0 saturated carbocycles. The Balaban J connectivity index is 1.57. The third-order valence-electron chi connectivity index (χ3n) is 9.54. The molecule has 0 aliphatic carbocycles. The summed E-state index contributed by atoms with van der Waals surface area (Å²) in [5.41, 5.74) is 0.861. The molecule has 50 heavy (non-hydrogen) atoms. The fourth-order valence-corrected chi connectivity index (χ4v) is 9.90. The van der Waals surface area contributed by atoms with Crippen LogP contribution in [0.15, 0.2) is 99.9 Å². The predicted octanol–water partition coefficient (Wildman–Crippen LogP) is 7.66. The molecule has 13 heteroatoms. The van der Waals surface area contributed by atoms with Crippen LogP contribution in [0.4, 0.5) is 5.69 Å². The topological polar surface area (TPSA) is 139 Å². The van der Waals surface area contributed by atoms with Crippen LogP contribution in [-0.4, -0.2) is 57.6 Å². The van der Waals surface area contributed by atoms with E-state index in [9.17, 15) is 29.1 Å². The summed E-state index contributed by atoms with van der Waals surface area (Å²) in [6, 6.07) is 21.8. The smallest absolute Gasteiger partial charge is 0.355 e. The van der Waals surface area contributed by atoms with E-state index in [0.717, 1.165) is 4.90 Å². The van der Waals surface area contributed by atoms with E-state index in [2.05, 4.69) is 33.9 Å². The number of hydrogen-bond donors (Lipinski definition) is 0. The van der Waals surface area contributed by atoms with Crippen molar-refractivity contribution in [3.63, 3.8) is 0 Å². The molecule has 0 aromatic heterocycles. The highest BCUT2D eigenvalue weighted by Crippen LogP contribution is 2.48. The first-order valence-electron chi connectivity index (χ1n) is 16.5. The fraction of sp³-hybridized carbons (Fsp3) is 0.378. The fourth-order valence-electron chi connectivity index (χ4n) is 5.76. The van der Waals surface area contributed by atoms with Gasteiger partial charge in [0.1, 0.15) is 23.4 Å². The van der Waals surface area contributed by atoms with Crippen LogP contribution in [-0.2, 0) is 36.5 Å². The van der Waals surface area contributed by atoms with E-state index in [1.807, 2.05) is 37.3 Å². The third kappa shape index (κ3) is 7.92. The number of benzene rings is 3. The standard InChI is InChI=1S/C37H42N2O8S2Si/c1-7-30(47-50(5,6)37(2,3)4)32-34(41)38(35(32)48-27-13-9-8-10-14-27)33(36(42)46-22-24-17-19-26(20-18-24)39(43)44)25-21-29(40)28-15-11-12-16-31(28)49(45)23-25/h8-20,30,32,35H,7,21-23H2,1-6H3/t30-,32+,35-,49?/m0/s1. The minimum Gasteiger partial charge on any atom is -0.611 e. The molecule has 4 atom stereocenters. The summed E-state index contributed by atoms with van der Waals surface area (Å²) in [5.74, 6) is -2.25. The minimum atomic E-state index is -2.32. The molecule has 5 rings (SSSR count). The highest BCUT2D eigenvalue weighted by Gasteiger charge is 2.57. The molecule has 0 N–H and O–H groups in total. The molecule has 3 aromatic carbocycles. The maximum atomic E-state index is 14.5. The van der Waals surface area contributed by atoms with E-state index < -0.39 is 47.8 Å². The lowest BCUT2D eigenvalue weighted by Crippen LogP contribution is -2.65. The van der Waals surface area contributed by atoms with E-state index in [0.29, 0.717) is 22.4 Å². The number of ether oxygens (including phenoxy) is 1. The first kappa shape index (κ1) is 37.5. The van der Waals surface area contributed by atoms with Gasteiger partial charge in [-0.3, -0.25) is 24.6 Å².